The largest absolute Gasteiger partial charge is 0.491 e. The van der Waals surface area contributed by atoms with E-state index in [2.05, 4.69) is 38.1 Å². The maximum Gasteiger partial charge on any atom is 0.119 e. The predicted octanol–water partition coefficient (Wildman–Crippen LogP) is 11.8. The summed E-state index contributed by atoms with van der Waals surface area (Å²) in [7, 11) is 0. The second-order valence-corrected chi connectivity index (χ2v) is 16.2. The lowest BCUT2D eigenvalue weighted by atomic mass is 10.0. The first kappa shape index (κ1) is 57.7. The third kappa shape index (κ3) is 46.5. The summed E-state index contributed by atoms with van der Waals surface area (Å²) in [5.41, 5.74) is 1.38. The molecule has 0 aliphatic heterocycles. The van der Waals surface area contributed by atoms with Crippen LogP contribution in [0, 0.1) is 0 Å². The van der Waals surface area contributed by atoms with Crippen molar-refractivity contribution in [3.8, 4) is 5.75 Å². The Kier molecular flexibility index (Phi) is 48.5. The Labute approximate surface area is 375 Å². The van der Waals surface area contributed by atoms with E-state index in [1.54, 1.807) is 0 Å². The molecule has 0 saturated carbocycles. The maximum atomic E-state index is 5.80. The number of unbranched alkanes of at least 4 members (excludes halogenated alkanes) is 21. The number of ether oxygens (including phenoxy) is 10. The average molecular weight is 869 g/mol. The van der Waals surface area contributed by atoms with Gasteiger partial charge in [-0.25, -0.2) is 0 Å². The molecule has 0 bridgehead atoms. The van der Waals surface area contributed by atoms with Gasteiger partial charge >= 0.3 is 0 Å². The van der Waals surface area contributed by atoms with Crippen LogP contribution in [-0.4, -0.2) is 126 Å². The van der Waals surface area contributed by atoms with Gasteiger partial charge in [0.1, 0.15) is 12.4 Å². The number of aryl methyl sites for hydroxylation is 1. The van der Waals surface area contributed by atoms with Crippen molar-refractivity contribution >= 4 is 0 Å². The Hall–Kier alpha value is -1.34. The summed E-state index contributed by atoms with van der Waals surface area (Å²) in [6.07, 6.45) is 32.8. The van der Waals surface area contributed by atoms with E-state index in [1.165, 1.54) is 147 Å². The minimum absolute atomic E-state index is 0.526. The molecule has 0 aromatic heterocycles. The Bertz CT molecular complexity index is 936. The molecule has 360 valence electrons. The fraction of sp³-hybridized carbons (Fsp3) is 0.882. The topological polar surface area (TPSA) is 92.3 Å². The number of hydrogen-bond acceptors (Lipinski definition) is 10. The zero-order valence-electron chi connectivity index (χ0n) is 39.8. The summed E-state index contributed by atoms with van der Waals surface area (Å²) in [4.78, 5) is 0. The van der Waals surface area contributed by atoms with Crippen LogP contribution in [-0.2, 0) is 49.1 Å². The first-order valence-electron chi connectivity index (χ1n) is 25.3. The van der Waals surface area contributed by atoms with Crippen LogP contribution in [0.15, 0.2) is 24.3 Å². The lowest BCUT2D eigenvalue weighted by molar-refractivity contribution is -0.0254. The highest BCUT2D eigenvalue weighted by Gasteiger charge is 2.00. The molecule has 0 atom stereocenters. The van der Waals surface area contributed by atoms with E-state index in [0.29, 0.717) is 119 Å². The first-order valence-corrected chi connectivity index (χ1v) is 25.3. The van der Waals surface area contributed by atoms with Crippen molar-refractivity contribution in [2.75, 3.05) is 126 Å². The molecule has 0 radical (unpaired) electrons. The van der Waals surface area contributed by atoms with E-state index in [-0.39, 0.29) is 0 Å². The molecule has 10 heteroatoms. The van der Waals surface area contributed by atoms with Crippen LogP contribution < -0.4 is 4.74 Å². The van der Waals surface area contributed by atoms with Crippen molar-refractivity contribution in [3.05, 3.63) is 29.8 Å². The zero-order chi connectivity index (χ0) is 43.5. The molecule has 10 nitrogen and oxygen atoms in total. The van der Waals surface area contributed by atoms with Gasteiger partial charge in [0.15, 0.2) is 0 Å². The van der Waals surface area contributed by atoms with E-state index < -0.39 is 0 Å². The van der Waals surface area contributed by atoms with Crippen LogP contribution in [0.2, 0.25) is 0 Å². The van der Waals surface area contributed by atoms with Gasteiger partial charge in [0.2, 0.25) is 0 Å². The molecule has 1 aromatic rings. The van der Waals surface area contributed by atoms with Crippen molar-refractivity contribution in [1.29, 1.82) is 0 Å². The Morgan fingerprint density at radius 1 is 0.246 bits per heavy atom. The summed E-state index contributed by atoms with van der Waals surface area (Å²) in [6.45, 7) is 15.3. The molecule has 1 rings (SSSR count). The SMILES string of the molecule is CCCCCCCCCCCCCCCCCCOCCOCCOCCOCCOCCOCCOCCOCCOCCOc1ccc(CCCCCCCCC)cc1. The van der Waals surface area contributed by atoms with Gasteiger partial charge in [-0.15, -0.1) is 0 Å². The minimum Gasteiger partial charge on any atom is -0.491 e. The highest BCUT2D eigenvalue weighted by Crippen LogP contribution is 2.16. The normalized spacial score (nSPS) is 11.6. The minimum atomic E-state index is 0.526. The molecule has 0 fully saturated rings. The summed E-state index contributed by atoms with van der Waals surface area (Å²) in [5.74, 6) is 0.892. The molecular formula is C51H96O10. The summed E-state index contributed by atoms with van der Waals surface area (Å²) < 4.78 is 56.1. The predicted molar refractivity (Wildman–Crippen MR) is 251 cm³/mol. The monoisotopic (exact) mass is 869 g/mol. The molecule has 0 N–H and O–H groups in total. The first-order chi connectivity index (χ1) is 30.4. The molecule has 0 aliphatic rings. The Morgan fingerprint density at radius 3 is 0.803 bits per heavy atom. The molecule has 0 aliphatic carbocycles. The molecule has 0 saturated heterocycles. The van der Waals surface area contributed by atoms with E-state index >= 15 is 0 Å². The highest BCUT2D eigenvalue weighted by atomic mass is 16.6. The van der Waals surface area contributed by atoms with Crippen molar-refractivity contribution in [1.82, 2.24) is 0 Å². The van der Waals surface area contributed by atoms with Crippen LogP contribution >= 0.6 is 0 Å². The van der Waals surface area contributed by atoms with Crippen molar-refractivity contribution in [2.24, 2.45) is 0 Å². The maximum absolute atomic E-state index is 5.80. The van der Waals surface area contributed by atoms with Crippen LogP contribution in [0.4, 0.5) is 0 Å². The van der Waals surface area contributed by atoms with Gasteiger partial charge < -0.3 is 47.4 Å². The summed E-state index contributed by atoms with van der Waals surface area (Å²) in [5, 5.41) is 0. The van der Waals surface area contributed by atoms with Gasteiger partial charge in [-0.3, -0.25) is 0 Å². The number of hydrogen-bond donors (Lipinski definition) is 0. The number of rotatable bonds is 53. The van der Waals surface area contributed by atoms with Crippen molar-refractivity contribution in [3.63, 3.8) is 0 Å². The quantitative estimate of drug-likeness (QED) is 0.0589. The van der Waals surface area contributed by atoms with Gasteiger partial charge in [0, 0.05) is 6.61 Å². The van der Waals surface area contributed by atoms with Crippen LogP contribution in [0.25, 0.3) is 0 Å². The van der Waals surface area contributed by atoms with Crippen molar-refractivity contribution in [2.45, 2.75) is 168 Å². The third-order valence-electron chi connectivity index (χ3n) is 10.6. The average Bonchev–Trinajstić information content (AvgIpc) is 3.28. The molecule has 0 spiro atoms. The van der Waals surface area contributed by atoms with E-state index in [0.717, 1.165) is 25.2 Å². The fourth-order valence-electron chi connectivity index (χ4n) is 6.87. The van der Waals surface area contributed by atoms with Gasteiger partial charge in [-0.1, -0.05) is 161 Å². The highest BCUT2D eigenvalue weighted by molar-refractivity contribution is 5.27. The molecular weight excluding hydrogens is 773 g/mol. The molecule has 0 amide bonds. The fourth-order valence-corrected chi connectivity index (χ4v) is 6.87. The zero-order valence-corrected chi connectivity index (χ0v) is 39.8. The standard InChI is InChI=1S/C51H96O10/c1-3-5-7-9-11-12-13-14-15-16-17-18-19-21-23-25-31-52-32-33-53-34-35-54-36-37-55-38-39-56-40-41-57-42-43-58-44-45-59-46-47-60-48-49-61-51-29-27-50(28-30-51)26-24-22-20-10-8-6-4-2/h27-30H,3-26,31-49H2,1-2H3. The smallest absolute Gasteiger partial charge is 0.119 e. The molecule has 61 heavy (non-hydrogen) atoms. The van der Waals surface area contributed by atoms with Crippen LogP contribution in [0.3, 0.4) is 0 Å². The van der Waals surface area contributed by atoms with Crippen LogP contribution in [0.5, 0.6) is 5.75 Å². The summed E-state index contributed by atoms with van der Waals surface area (Å²) in [6, 6.07) is 8.48. The molecule has 1 aromatic carbocycles. The molecule has 0 unspecified atom stereocenters. The van der Waals surface area contributed by atoms with Gasteiger partial charge in [0.25, 0.3) is 0 Å². The van der Waals surface area contributed by atoms with Crippen LogP contribution in [0.1, 0.15) is 167 Å². The van der Waals surface area contributed by atoms with Crippen molar-refractivity contribution < 1.29 is 47.4 Å². The lowest BCUT2D eigenvalue weighted by Gasteiger charge is -2.09. The number of benzene rings is 1. The molecule has 0 heterocycles. The van der Waals surface area contributed by atoms with E-state index in [4.69, 9.17) is 47.4 Å². The lowest BCUT2D eigenvalue weighted by Crippen LogP contribution is -2.15. The van der Waals surface area contributed by atoms with Gasteiger partial charge in [0.05, 0.1) is 112 Å². The summed E-state index contributed by atoms with van der Waals surface area (Å²) >= 11 is 0. The van der Waals surface area contributed by atoms with Gasteiger partial charge in [-0.2, -0.15) is 0 Å². The Morgan fingerprint density at radius 2 is 0.492 bits per heavy atom. The third-order valence-corrected chi connectivity index (χ3v) is 10.6. The second-order valence-electron chi connectivity index (χ2n) is 16.2. The van der Waals surface area contributed by atoms with Gasteiger partial charge in [-0.05, 0) is 37.0 Å². The Balaban J connectivity index is 1.65. The van der Waals surface area contributed by atoms with E-state index in [1.807, 2.05) is 0 Å². The second kappa shape index (κ2) is 51.3. The van der Waals surface area contributed by atoms with E-state index in [9.17, 15) is 0 Å².